The van der Waals surface area contributed by atoms with Gasteiger partial charge in [0, 0.05) is 136 Å². The minimum absolute atomic E-state index is 1.01. The lowest BCUT2D eigenvalue weighted by molar-refractivity contribution is 1.24. The van der Waals surface area contributed by atoms with Gasteiger partial charge in [-0.15, -0.1) is 0 Å². The van der Waals surface area contributed by atoms with Crippen LogP contribution < -0.4 is 39.2 Å². The number of nitrogens with zero attached hydrogens (tertiary/aromatic N) is 8. The van der Waals surface area contributed by atoms with E-state index in [1.54, 1.807) is 0 Å². The number of para-hydroxylation sites is 8. The Hall–Kier alpha value is -17.2. The molecule has 0 atom stereocenters. The first-order chi connectivity index (χ1) is 63.5. The molecule has 0 aliphatic carbocycles. The predicted molar refractivity (Wildman–Crippen MR) is 542 cm³/mol. The summed E-state index contributed by atoms with van der Waals surface area (Å²) in [5.74, 6) is 0. The standard InChI is InChI=1S/C120H88N8/c1-9-33-97(34-10-1)121(98-35-11-2-12-36-98)106-61-67-109(68-62-106)124(110-69-63-107(64-70-110)122(99-37-13-3-14-38-99)100-39-15-4-16-40-100)111-71-65-108(66-72-111)123(101-41-17-5-18-42-101)105-56-51-91(52-57-105)95-50-49-92-55-60-120(88-96(92)85-95)128(104-47-23-8-24-48-104)117-83-77-114(78-84-117)125(112-73-79-115(80-74-112)126(102-43-19-6-20-44-102)118-58-53-89-29-25-27-31-93(89)86-118)113-75-81-116(82-76-113)127(103-45-21-7-22-46-103)119-59-54-90-30-26-28-32-94(90)87-119/h1-88H. The average Bonchev–Trinajstić information content (AvgIpc) is 0.776. The smallest absolute Gasteiger partial charge is 0.0468 e. The summed E-state index contributed by atoms with van der Waals surface area (Å²) in [7, 11) is 0. The fourth-order valence-electron chi connectivity index (χ4n) is 17.7. The monoisotopic (exact) mass is 1640 g/mol. The van der Waals surface area contributed by atoms with E-state index >= 15 is 0 Å². The number of fused-ring (bicyclic) bond motifs is 3. The van der Waals surface area contributed by atoms with Gasteiger partial charge >= 0.3 is 0 Å². The highest BCUT2D eigenvalue weighted by Gasteiger charge is 2.25. The Labute approximate surface area is 748 Å². The Bertz CT molecular complexity index is 6940. The van der Waals surface area contributed by atoms with E-state index < -0.39 is 0 Å². The van der Waals surface area contributed by atoms with E-state index in [2.05, 4.69) is 573 Å². The molecule has 128 heavy (non-hydrogen) atoms. The molecule has 0 aliphatic heterocycles. The van der Waals surface area contributed by atoms with Crippen LogP contribution in [-0.2, 0) is 0 Å². The topological polar surface area (TPSA) is 25.9 Å². The van der Waals surface area contributed by atoms with Crippen LogP contribution in [0.15, 0.2) is 534 Å². The Morgan fingerprint density at radius 1 is 0.0781 bits per heavy atom. The lowest BCUT2D eigenvalue weighted by Gasteiger charge is -2.30. The fourth-order valence-corrected chi connectivity index (χ4v) is 17.7. The molecule has 0 fully saturated rings. The van der Waals surface area contributed by atoms with Gasteiger partial charge in [-0.1, -0.05) is 237 Å². The number of hydrogen-bond acceptors (Lipinski definition) is 8. The summed E-state index contributed by atoms with van der Waals surface area (Å²) in [5, 5.41) is 7.07. The van der Waals surface area contributed by atoms with E-state index in [0.717, 1.165) is 158 Å². The highest BCUT2D eigenvalue weighted by atomic mass is 15.2. The molecule has 8 heteroatoms. The predicted octanol–water partition coefficient (Wildman–Crippen LogP) is 34.6. The first-order valence-electron chi connectivity index (χ1n) is 43.5. The Balaban J connectivity index is 0.598. The van der Waals surface area contributed by atoms with E-state index in [4.69, 9.17) is 0 Å². The summed E-state index contributed by atoms with van der Waals surface area (Å²) in [6, 6.07) is 192. The number of benzene rings is 21. The van der Waals surface area contributed by atoms with Crippen LogP contribution in [0.2, 0.25) is 0 Å². The highest BCUT2D eigenvalue weighted by molar-refractivity contribution is 5.96. The first kappa shape index (κ1) is 78.1. The Morgan fingerprint density at radius 3 is 0.422 bits per heavy atom. The summed E-state index contributed by atoms with van der Waals surface area (Å²) in [4.78, 5) is 18.7. The molecule has 0 aliphatic rings. The van der Waals surface area contributed by atoms with Gasteiger partial charge in [-0.2, -0.15) is 0 Å². The third-order valence-electron chi connectivity index (χ3n) is 23.8. The van der Waals surface area contributed by atoms with Crippen LogP contribution in [-0.4, -0.2) is 0 Å². The number of anilines is 24. The van der Waals surface area contributed by atoms with Crippen LogP contribution in [0.4, 0.5) is 136 Å². The van der Waals surface area contributed by atoms with Crippen LogP contribution >= 0.6 is 0 Å². The van der Waals surface area contributed by atoms with Gasteiger partial charge in [-0.3, -0.25) is 0 Å². The normalized spacial score (nSPS) is 11.1. The molecule has 0 bridgehead atoms. The molecule has 0 saturated carbocycles. The Morgan fingerprint density at radius 2 is 0.211 bits per heavy atom. The summed E-state index contributed by atoms with van der Waals surface area (Å²) >= 11 is 0. The second-order valence-electron chi connectivity index (χ2n) is 31.8. The summed E-state index contributed by atoms with van der Waals surface area (Å²) in [6.45, 7) is 0. The first-order valence-corrected chi connectivity index (χ1v) is 43.5. The van der Waals surface area contributed by atoms with E-state index in [-0.39, 0.29) is 0 Å². The molecule has 0 unspecified atom stereocenters. The van der Waals surface area contributed by atoms with Gasteiger partial charge in [0.15, 0.2) is 0 Å². The van der Waals surface area contributed by atoms with Gasteiger partial charge in [0.2, 0.25) is 0 Å². The van der Waals surface area contributed by atoms with Crippen molar-refractivity contribution in [2.75, 3.05) is 39.2 Å². The maximum atomic E-state index is 2.37. The third kappa shape index (κ3) is 16.3. The van der Waals surface area contributed by atoms with Crippen LogP contribution in [0.3, 0.4) is 0 Å². The molecule has 0 saturated heterocycles. The van der Waals surface area contributed by atoms with E-state index in [1.165, 1.54) is 21.5 Å². The maximum Gasteiger partial charge on any atom is 0.0468 e. The fraction of sp³-hybridized carbons (Fsp3) is 0. The molecular weight excluding hydrogens is 1550 g/mol. The van der Waals surface area contributed by atoms with Gasteiger partial charge < -0.3 is 39.2 Å². The molecule has 0 radical (unpaired) electrons. The van der Waals surface area contributed by atoms with Gasteiger partial charge in [-0.25, -0.2) is 0 Å². The SMILES string of the molecule is c1ccc(N(c2ccccc2)c2ccc(N(c3ccc(N(c4ccccc4)c4ccccc4)cc3)c3ccc(N(c4ccccc4)c4ccc(-c5ccc6ccc(N(c7ccccc7)c7ccc(N(c8ccc(N(c9ccccc9)c9ccc%10ccccc%10c9)cc8)c8ccc(N(c9ccccc9)c9ccc%10ccccc%10c9)cc8)cc7)cc6c5)cc4)cc3)cc2)cc1. The molecule has 21 aromatic carbocycles. The largest absolute Gasteiger partial charge is 0.311 e. The summed E-state index contributed by atoms with van der Waals surface area (Å²) in [6.07, 6.45) is 0. The van der Waals surface area contributed by atoms with Crippen molar-refractivity contribution in [1.82, 2.24) is 0 Å². The minimum atomic E-state index is 1.01. The van der Waals surface area contributed by atoms with Gasteiger partial charge in [0.1, 0.15) is 0 Å². The molecular formula is C120H88N8. The van der Waals surface area contributed by atoms with E-state index in [9.17, 15) is 0 Å². The zero-order chi connectivity index (χ0) is 85.3. The Kier molecular flexibility index (Phi) is 21.8. The van der Waals surface area contributed by atoms with Crippen molar-refractivity contribution in [3.05, 3.63) is 534 Å². The average molecular weight is 1640 g/mol. The van der Waals surface area contributed by atoms with Crippen molar-refractivity contribution in [1.29, 1.82) is 0 Å². The molecule has 0 aromatic heterocycles. The number of rotatable bonds is 25. The van der Waals surface area contributed by atoms with Crippen molar-refractivity contribution in [2.24, 2.45) is 0 Å². The van der Waals surface area contributed by atoms with Gasteiger partial charge in [0.05, 0.1) is 0 Å². The number of hydrogen-bond donors (Lipinski definition) is 0. The lowest BCUT2D eigenvalue weighted by Crippen LogP contribution is -2.14. The van der Waals surface area contributed by atoms with E-state index in [1.807, 2.05) is 0 Å². The second kappa shape index (κ2) is 35.7. The molecule has 21 rings (SSSR count). The van der Waals surface area contributed by atoms with Gasteiger partial charge in [0.25, 0.3) is 0 Å². The second-order valence-corrected chi connectivity index (χ2v) is 31.8. The van der Waals surface area contributed by atoms with Crippen molar-refractivity contribution < 1.29 is 0 Å². The molecule has 21 aromatic rings. The quantitative estimate of drug-likeness (QED) is 0.0559. The lowest BCUT2D eigenvalue weighted by atomic mass is 10.00. The van der Waals surface area contributed by atoms with Crippen LogP contribution in [0, 0.1) is 0 Å². The third-order valence-corrected chi connectivity index (χ3v) is 23.8. The summed E-state index contributed by atoms with van der Waals surface area (Å²) in [5.41, 5.74) is 27.4. The van der Waals surface area contributed by atoms with Crippen molar-refractivity contribution in [3.8, 4) is 11.1 Å². The maximum absolute atomic E-state index is 2.37. The van der Waals surface area contributed by atoms with Crippen LogP contribution in [0.5, 0.6) is 0 Å². The molecule has 0 amide bonds. The minimum Gasteiger partial charge on any atom is -0.311 e. The molecule has 0 heterocycles. The molecule has 0 spiro atoms. The van der Waals surface area contributed by atoms with Crippen LogP contribution in [0.25, 0.3) is 43.4 Å². The van der Waals surface area contributed by atoms with Crippen LogP contribution in [0.1, 0.15) is 0 Å². The summed E-state index contributed by atoms with van der Waals surface area (Å²) < 4.78 is 0. The zero-order valence-corrected chi connectivity index (χ0v) is 70.4. The molecule has 608 valence electrons. The van der Waals surface area contributed by atoms with Gasteiger partial charge in [-0.05, 0) is 341 Å². The van der Waals surface area contributed by atoms with E-state index in [0.29, 0.717) is 0 Å². The molecule has 8 nitrogen and oxygen atoms in total. The molecule has 0 N–H and O–H groups in total. The zero-order valence-electron chi connectivity index (χ0n) is 70.4. The van der Waals surface area contributed by atoms with Crippen molar-refractivity contribution in [2.45, 2.75) is 0 Å². The van der Waals surface area contributed by atoms with Crippen molar-refractivity contribution >= 4 is 169 Å². The highest BCUT2D eigenvalue weighted by Crippen LogP contribution is 2.48. The van der Waals surface area contributed by atoms with Crippen molar-refractivity contribution in [3.63, 3.8) is 0 Å².